The van der Waals surface area contributed by atoms with Crippen LogP contribution in [0.25, 0.3) is 0 Å². The Hall–Kier alpha value is -2.06. The van der Waals surface area contributed by atoms with Gasteiger partial charge in [-0.25, -0.2) is 9.97 Å². The van der Waals surface area contributed by atoms with Crippen LogP contribution in [0.3, 0.4) is 0 Å². The van der Waals surface area contributed by atoms with Gasteiger partial charge >= 0.3 is 0 Å². The minimum Gasteiger partial charge on any atom is -0.382 e. The van der Waals surface area contributed by atoms with E-state index in [1.54, 1.807) is 0 Å². The molecular formula is C14H14N4S. The lowest BCUT2D eigenvalue weighted by Gasteiger charge is -2.06. The second-order valence-corrected chi connectivity index (χ2v) is 4.90. The Morgan fingerprint density at radius 2 is 2.00 bits per heavy atom. The second-order valence-electron chi connectivity index (χ2n) is 3.95. The van der Waals surface area contributed by atoms with Crippen LogP contribution >= 0.6 is 11.8 Å². The average Bonchev–Trinajstić information content (AvgIpc) is 2.45. The molecule has 5 heteroatoms. The van der Waals surface area contributed by atoms with Crippen molar-refractivity contribution in [2.24, 2.45) is 0 Å². The lowest BCUT2D eigenvalue weighted by atomic mass is 10.2. The highest BCUT2D eigenvalue weighted by molar-refractivity contribution is 7.98. The molecule has 2 N–H and O–H groups in total. The number of rotatable bonds is 4. The fourth-order valence-corrected chi connectivity index (χ4v) is 2.49. The molecule has 0 spiro atoms. The van der Waals surface area contributed by atoms with Gasteiger partial charge in [-0.15, -0.1) is 0 Å². The van der Waals surface area contributed by atoms with Gasteiger partial charge in [-0.05, 0) is 12.0 Å². The molecule has 1 aromatic heterocycles. The molecule has 19 heavy (non-hydrogen) atoms. The molecule has 0 radical (unpaired) electrons. The molecule has 0 aliphatic carbocycles. The molecule has 1 aromatic carbocycles. The minimum absolute atomic E-state index is 0.268. The van der Waals surface area contributed by atoms with Crippen LogP contribution in [0, 0.1) is 11.3 Å². The molecular weight excluding hydrogens is 256 g/mol. The molecule has 0 unspecified atom stereocenters. The summed E-state index contributed by atoms with van der Waals surface area (Å²) in [7, 11) is 0. The fraction of sp³-hybridized carbons (Fsp3) is 0.214. The van der Waals surface area contributed by atoms with Crippen LogP contribution < -0.4 is 5.73 Å². The Kier molecular flexibility index (Phi) is 4.37. The summed E-state index contributed by atoms with van der Waals surface area (Å²) in [4.78, 5) is 8.56. The molecule has 2 rings (SSSR count). The van der Waals surface area contributed by atoms with Crippen LogP contribution in [-0.2, 0) is 12.2 Å². The van der Waals surface area contributed by atoms with E-state index in [4.69, 9.17) is 11.0 Å². The quantitative estimate of drug-likeness (QED) is 0.683. The van der Waals surface area contributed by atoms with Crippen LogP contribution in [0.4, 0.5) is 5.82 Å². The van der Waals surface area contributed by atoms with Crippen LogP contribution in [0.2, 0.25) is 0 Å². The number of aromatic nitrogens is 2. The van der Waals surface area contributed by atoms with Gasteiger partial charge in [0.1, 0.15) is 17.5 Å². The van der Waals surface area contributed by atoms with Crippen molar-refractivity contribution in [1.29, 1.82) is 5.26 Å². The Bertz CT molecular complexity index is 605. The SMILES string of the molecule is CCc1nc(SCc2ccccc2)nc(N)c1C#N. The van der Waals surface area contributed by atoms with Gasteiger partial charge in [-0.1, -0.05) is 49.0 Å². The predicted molar refractivity (Wildman–Crippen MR) is 76.5 cm³/mol. The van der Waals surface area contributed by atoms with Gasteiger partial charge in [0.2, 0.25) is 0 Å². The van der Waals surface area contributed by atoms with E-state index in [2.05, 4.69) is 28.2 Å². The number of nitrogen functional groups attached to an aromatic ring is 1. The Balaban J connectivity index is 2.18. The average molecular weight is 270 g/mol. The molecule has 0 atom stereocenters. The van der Waals surface area contributed by atoms with Crippen LogP contribution in [0.15, 0.2) is 35.5 Å². The van der Waals surface area contributed by atoms with Crippen molar-refractivity contribution < 1.29 is 0 Å². The first-order chi connectivity index (χ1) is 9.24. The molecule has 96 valence electrons. The fourth-order valence-electron chi connectivity index (χ4n) is 1.67. The molecule has 0 aliphatic rings. The molecule has 0 amide bonds. The lowest BCUT2D eigenvalue weighted by Crippen LogP contribution is -2.04. The number of hydrogen-bond acceptors (Lipinski definition) is 5. The summed E-state index contributed by atoms with van der Waals surface area (Å²) in [5.74, 6) is 1.06. The first kappa shape index (κ1) is 13.4. The summed E-state index contributed by atoms with van der Waals surface area (Å²) in [6.45, 7) is 1.95. The van der Waals surface area contributed by atoms with Crippen molar-refractivity contribution in [3.05, 3.63) is 47.2 Å². The Morgan fingerprint density at radius 3 is 2.63 bits per heavy atom. The number of hydrogen-bond donors (Lipinski definition) is 1. The maximum Gasteiger partial charge on any atom is 0.190 e. The maximum atomic E-state index is 9.01. The van der Waals surface area contributed by atoms with E-state index < -0.39 is 0 Å². The van der Waals surface area contributed by atoms with Crippen molar-refractivity contribution >= 4 is 17.6 Å². The number of benzene rings is 1. The zero-order chi connectivity index (χ0) is 13.7. The standard InChI is InChI=1S/C14H14N4S/c1-2-12-11(8-15)13(16)18-14(17-12)19-9-10-6-4-3-5-7-10/h3-7H,2,9H2,1H3,(H2,16,17,18). The minimum atomic E-state index is 0.268. The monoisotopic (exact) mass is 270 g/mol. The number of nitrogens with zero attached hydrogens (tertiary/aromatic N) is 3. The van der Waals surface area contributed by atoms with E-state index >= 15 is 0 Å². The third kappa shape index (κ3) is 3.24. The largest absolute Gasteiger partial charge is 0.382 e. The third-order valence-corrected chi connectivity index (χ3v) is 3.57. The second kappa shape index (κ2) is 6.21. The third-order valence-electron chi connectivity index (χ3n) is 2.65. The molecule has 2 aromatic rings. The van der Waals surface area contributed by atoms with Crippen LogP contribution in [-0.4, -0.2) is 9.97 Å². The van der Waals surface area contributed by atoms with Crippen LogP contribution in [0.1, 0.15) is 23.7 Å². The van der Waals surface area contributed by atoms with E-state index in [0.29, 0.717) is 22.8 Å². The van der Waals surface area contributed by atoms with Crippen molar-refractivity contribution in [1.82, 2.24) is 9.97 Å². The van der Waals surface area contributed by atoms with Crippen LogP contribution in [0.5, 0.6) is 0 Å². The zero-order valence-electron chi connectivity index (χ0n) is 10.6. The molecule has 0 saturated carbocycles. The molecule has 0 bridgehead atoms. The highest BCUT2D eigenvalue weighted by Gasteiger charge is 2.11. The number of nitriles is 1. The number of nitrogens with two attached hydrogens (primary N) is 1. The maximum absolute atomic E-state index is 9.01. The molecule has 0 fully saturated rings. The highest BCUT2D eigenvalue weighted by atomic mass is 32.2. The molecule has 1 heterocycles. The summed E-state index contributed by atoms with van der Waals surface area (Å²) >= 11 is 1.52. The smallest absolute Gasteiger partial charge is 0.190 e. The summed E-state index contributed by atoms with van der Waals surface area (Å²) in [5.41, 5.74) is 8.10. The zero-order valence-corrected chi connectivity index (χ0v) is 11.4. The lowest BCUT2D eigenvalue weighted by molar-refractivity contribution is 0.888. The predicted octanol–water partition coefficient (Wildman–Crippen LogP) is 2.79. The van der Waals surface area contributed by atoms with Gasteiger partial charge in [0.05, 0.1) is 5.69 Å². The number of anilines is 1. The molecule has 4 nitrogen and oxygen atoms in total. The van der Waals surface area contributed by atoms with Gasteiger partial charge in [0, 0.05) is 5.75 Å². The number of aryl methyl sites for hydroxylation is 1. The first-order valence-corrected chi connectivity index (χ1v) is 6.96. The Labute approximate surface area is 116 Å². The van der Waals surface area contributed by atoms with Gasteiger partial charge in [0.25, 0.3) is 0 Å². The first-order valence-electron chi connectivity index (χ1n) is 5.97. The number of thioether (sulfide) groups is 1. The van der Waals surface area contributed by atoms with Crippen molar-refractivity contribution in [3.8, 4) is 6.07 Å². The summed E-state index contributed by atoms with van der Waals surface area (Å²) < 4.78 is 0. The Morgan fingerprint density at radius 1 is 1.26 bits per heavy atom. The normalized spacial score (nSPS) is 10.1. The van der Waals surface area contributed by atoms with E-state index in [1.165, 1.54) is 17.3 Å². The summed E-state index contributed by atoms with van der Waals surface area (Å²) in [5, 5.41) is 9.63. The highest BCUT2D eigenvalue weighted by Crippen LogP contribution is 2.23. The van der Waals surface area contributed by atoms with Crippen molar-refractivity contribution in [2.45, 2.75) is 24.3 Å². The van der Waals surface area contributed by atoms with Crippen molar-refractivity contribution in [2.75, 3.05) is 5.73 Å². The van der Waals surface area contributed by atoms with E-state index in [9.17, 15) is 0 Å². The van der Waals surface area contributed by atoms with E-state index in [0.717, 1.165) is 5.75 Å². The van der Waals surface area contributed by atoms with Crippen molar-refractivity contribution in [3.63, 3.8) is 0 Å². The van der Waals surface area contributed by atoms with Gasteiger partial charge in [-0.3, -0.25) is 0 Å². The molecule has 0 saturated heterocycles. The van der Waals surface area contributed by atoms with E-state index in [-0.39, 0.29) is 5.82 Å². The van der Waals surface area contributed by atoms with Gasteiger partial charge in [-0.2, -0.15) is 5.26 Å². The molecule has 0 aliphatic heterocycles. The van der Waals surface area contributed by atoms with Gasteiger partial charge < -0.3 is 5.73 Å². The van der Waals surface area contributed by atoms with Gasteiger partial charge in [0.15, 0.2) is 5.16 Å². The van der Waals surface area contributed by atoms with E-state index in [1.807, 2.05) is 25.1 Å². The topological polar surface area (TPSA) is 75.6 Å². The summed E-state index contributed by atoms with van der Waals surface area (Å²) in [6.07, 6.45) is 0.675. The summed E-state index contributed by atoms with van der Waals surface area (Å²) in [6, 6.07) is 12.2.